The number of aromatic nitrogens is 2. The molecule has 0 spiro atoms. The van der Waals surface area contributed by atoms with Crippen molar-refractivity contribution in [1.29, 1.82) is 0 Å². The molecule has 0 atom stereocenters. The van der Waals surface area contributed by atoms with Gasteiger partial charge in [-0.1, -0.05) is 6.92 Å². The van der Waals surface area contributed by atoms with Gasteiger partial charge >= 0.3 is 0 Å². The van der Waals surface area contributed by atoms with E-state index in [-0.39, 0.29) is 0 Å². The molecule has 1 aromatic rings. The predicted octanol–water partition coefficient (Wildman–Crippen LogP) is 1.69. The molecular formula is C14H25N5. The number of anilines is 2. The van der Waals surface area contributed by atoms with Gasteiger partial charge in [-0.2, -0.15) is 4.98 Å². The molecule has 0 aliphatic carbocycles. The minimum atomic E-state index is 0.734. The molecule has 1 fully saturated rings. The predicted molar refractivity (Wildman–Crippen MR) is 79.7 cm³/mol. The zero-order chi connectivity index (χ0) is 13.7. The van der Waals surface area contributed by atoms with Crippen molar-refractivity contribution in [2.45, 2.75) is 19.8 Å². The van der Waals surface area contributed by atoms with Gasteiger partial charge in [0.05, 0.1) is 0 Å². The molecule has 0 saturated carbocycles. The van der Waals surface area contributed by atoms with Crippen LogP contribution in [0.15, 0.2) is 12.3 Å². The molecular weight excluding hydrogens is 238 g/mol. The third kappa shape index (κ3) is 4.35. The summed E-state index contributed by atoms with van der Waals surface area (Å²) in [5.74, 6) is 2.63. The summed E-state index contributed by atoms with van der Waals surface area (Å²) in [6.45, 7) is 6.39. The number of rotatable bonds is 5. The maximum absolute atomic E-state index is 4.60. The van der Waals surface area contributed by atoms with Crippen molar-refractivity contribution >= 4 is 11.8 Å². The van der Waals surface area contributed by atoms with Gasteiger partial charge in [0.25, 0.3) is 0 Å². The Kier molecular flexibility index (Phi) is 4.96. The highest BCUT2D eigenvalue weighted by Gasteiger charge is 2.17. The van der Waals surface area contributed by atoms with Crippen LogP contribution in [0.5, 0.6) is 0 Å². The van der Waals surface area contributed by atoms with Crippen molar-refractivity contribution < 1.29 is 0 Å². The van der Waals surface area contributed by atoms with Crippen LogP contribution in [0.25, 0.3) is 0 Å². The van der Waals surface area contributed by atoms with Gasteiger partial charge in [0.1, 0.15) is 5.82 Å². The fraction of sp³-hybridized carbons (Fsp3) is 0.714. The number of nitrogens with one attached hydrogen (secondary N) is 1. The summed E-state index contributed by atoms with van der Waals surface area (Å²) in [5, 5.41) is 3.27. The highest BCUT2D eigenvalue weighted by molar-refractivity contribution is 5.42. The molecule has 0 radical (unpaired) electrons. The summed E-state index contributed by atoms with van der Waals surface area (Å²) in [6.07, 6.45) is 4.36. The van der Waals surface area contributed by atoms with E-state index in [1.54, 1.807) is 0 Å². The monoisotopic (exact) mass is 263 g/mol. The highest BCUT2D eigenvalue weighted by atomic mass is 15.2. The van der Waals surface area contributed by atoms with Gasteiger partial charge in [0.15, 0.2) is 0 Å². The number of likely N-dealkylation sites (N-methyl/N-ethyl adjacent to an activating group) is 1. The summed E-state index contributed by atoms with van der Waals surface area (Å²) in [6, 6.07) is 2.01. The minimum absolute atomic E-state index is 0.734. The van der Waals surface area contributed by atoms with E-state index < -0.39 is 0 Å². The maximum atomic E-state index is 4.60. The van der Waals surface area contributed by atoms with Crippen LogP contribution < -0.4 is 10.2 Å². The number of hydrogen-bond donors (Lipinski definition) is 1. The van der Waals surface area contributed by atoms with Crippen LogP contribution in [-0.2, 0) is 0 Å². The lowest BCUT2D eigenvalue weighted by molar-refractivity contribution is 0.424. The van der Waals surface area contributed by atoms with Crippen LogP contribution >= 0.6 is 0 Å². The maximum Gasteiger partial charge on any atom is 0.224 e. The molecule has 5 nitrogen and oxygen atoms in total. The SMILES string of the molecule is CC1CCN(c2ccnc(NCCN(C)C)n2)CC1. The van der Waals surface area contributed by atoms with Crippen molar-refractivity contribution in [3.8, 4) is 0 Å². The third-order valence-corrected chi connectivity index (χ3v) is 3.59. The summed E-state index contributed by atoms with van der Waals surface area (Å²) in [7, 11) is 4.13. The van der Waals surface area contributed by atoms with Crippen molar-refractivity contribution in [1.82, 2.24) is 14.9 Å². The van der Waals surface area contributed by atoms with Gasteiger partial charge in [0.2, 0.25) is 5.95 Å². The lowest BCUT2D eigenvalue weighted by Gasteiger charge is -2.31. The van der Waals surface area contributed by atoms with Crippen LogP contribution in [0.3, 0.4) is 0 Å². The fourth-order valence-corrected chi connectivity index (χ4v) is 2.24. The second kappa shape index (κ2) is 6.70. The van der Waals surface area contributed by atoms with Gasteiger partial charge in [-0.05, 0) is 38.9 Å². The number of nitrogens with zero attached hydrogens (tertiary/aromatic N) is 4. The minimum Gasteiger partial charge on any atom is -0.356 e. The average Bonchev–Trinajstić information content (AvgIpc) is 2.39. The first-order valence-electron chi connectivity index (χ1n) is 7.12. The average molecular weight is 263 g/mol. The van der Waals surface area contributed by atoms with Gasteiger partial charge in [-0.25, -0.2) is 4.98 Å². The van der Waals surface area contributed by atoms with Crippen molar-refractivity contribution in [3.63, 3.8) is 0 Å². The van der Waals surface area contributed by atoms with Crippen molar-refractivity contribution in [2.75, 3.05) is 50.5 Å². The molecule has 0 aromatic carbocycles. The van der Waals surface area contributed by atoms with Crippen LogP contribution in [0, 0.1) is 5.92 Å². The fourth-order valence-electron chi connectivity index (χ4n) is 2.24. The Morgan fingerprint density at radius 2 is 2.11 bits per heavy atom. The highest BCUT2D eigenvalue weighted by Crippen LogP contribution is 2.21. The molecule has 2 heterocycles. The molecule has 0 unspecified atom stereocenters. The number of hydrogen-bond acceptors (Lipinski definition) is 5. The quantitative estimate of drug-likeness (QED) is 0.876. The molecule has 5 heteroatoms. The molecule has 106 valence electrons. The summed E-state index contributed by atoms with van der Waals surface area (Å²) >= 11 is 0. The Morgan fingerprint density at radius 3 is 2.79 bits per heavy atom. The largest absolute Gasteiger partial charge is 0.356 e. The summed E-state index contributed by atoms with van der Waals surface area (Å²) in [5.41, 5.74) is 0. The second-order valence-electron chi connectivity index (χ2n) is 5.64. The van der Waals surface area contributed by atoms with E-state index in [0.717, 1.165) is 43.9 Å². The Balaban J connectivity index is 1.91. The van der Waals surface area contributed by atoms with Crippen LogP contribution in [-0.4, -0.2) is 55.1 Å². The van der Waals surface area contributed by atoms with E-state index >= 15 is 0 Å². The van der Waals surface area contributed by atoms with E-state index in [2.05, 4.69) is 46.1 Å². The first-order valence-corrected chi connectivity index (χ1v) is 7.12. The first kappa shape index (κ1) is 14.1. The first-order chi connectivity index (χ1) is 9.15. The lowest BCUT2D eigenvalue weighted by atomic mass is 9.99. The lowest BCUT2D eigenvalue weighted by Crippen LogP contribution is -2.33. The molecule has 1 aromatic heterocycles. The summed E-state index contributed by atoms with van der Waals surface area (Å²) in [4.78, 5) is 13.4. The number of piperidine rings is 1. The van der Waals surface area contributed by atoms with E-state index in [9.17, 15) is 0 Å². The van der Waals surface area contributed by atoms with Gasteiger partial charge in [-0.15, -0.1) is 0 Å². The van der Waals surface area contributed by atoms with Crippen molar-refractivity contribution in [3.05, 3.63) is 12.3 Å². The van der Waals surface area contributed by atoms with Crippen molar-refractivity contribution in [2.24, 2.45) is 5.92 Å². The zero-order valence-corrected chi connectivity index (χ0v) is 12.3. The summed E-state index contributed by atoms with van der Waals surface area (Å²) < 4.78 is 0. The second-order valence-corrected chi connectivity index (χ2v) is 5.64. The van der Waals surface area contributed by atoms with E-state index in [0.29, 0.717) is 0 Å². The molecule has 1 saturated heterocycles. The van der Waals surface area contributed by atoms with E-state index in [1.807, 2.05) is 12.3 Å². The Labute approximate surface area is 116 Å². The Hall–Kier alpha value is -1.36. The van der Waals surface area contributed by atoms with Gasteiger partial charge < -0.3 is 15.1 Å². The van der Waals surface area contributed by atoms with Crippen LogP contribution in [0.2, 0.25) is 0 Å². The third-order valence-electron chi connectivity index (χ3n) is 3.59. The van der Waals surface area contributed by atoms with E-state index in [4.69, 9.17) is 0 Å². The van der Waals surface area contributed by atoms with Crippen LogP contribution in [0.1, 0.15) is 19.8 Å². The zero-order valence-electron chi connectivity index (χ0n) is 12.3. The molecule has 1 aliphatic heterocycles. The Bertz CT molecular complexity index is 385. The molecule has 0 amide bonds. The topological polar surface area (TPSA) is 44.3 Å². The van der Waals surface area contributed by atoms with Crippen LogP contribution in [0.4, 0.5) is 11.8 Å². The van der Waals surface area contributed by atoms with E-state index in [1.165, 1.54) is 12.8 Å². The smallest absolute Gasteiger partial charge is 0.224 e. The molecule has 19 heavy (non-hydrogen) atoms. The molecule has 0 bridgehead atoms. The van der Waals surface area contributed by atoms with Gasteiger partial charge in [-0.3, -0.25) is 0 Å². The molecule has 1 aliphatic rings. The standard InChI is InChI=1S/C14H25N5/c1-12-5-9-19(10-6-12)13-4-7-15-14(17-13)16-8-11-18(2)3/h4,7,12H,5-6,8-11H2,1-3H3,(H,15,16,17). The molecule has 1 N–H and O–H groups in total. The molecule has 2 rings (SSSR count). The Morgan fingerprint density at radius 1 is 1.37 bits per heavy atom. The normalized spacial score (nSPS) is 16.9. The van der Waals surface area contributed by atoms with Gasteiger partial charge in [0, 0.05) is 32.4 Å².